The Morgan fingerprint density at radius 2 is 1.83 bits per heavy atom. The van der Waals surface area contributed by atoms with E-state index in [-0.39, 0.29) is 11.7 Å². The van der Waals surface area contributed by atoms with Crippen LogP contribution >= 0.6 is 0 Å². The normalized spacial score (nSPS) is 14.5. The second kappa shape index (κ2) is 10.1. The van der Waals surface area contributed by atoms with E-state index in [0.29, 0.717) is 19.7 Å². The first-order valence-electron chi connectivity index (χ1n) is 10.2. The standard InChI is InChI=1S/C23H29N3O3/c1-18-4-3-5-22(16-18)29-15-10-24-23(28)17-25-11-13-26(14-12-25)21-8-6-20(7-9-21)19(2)27/h3-9,16H,10-15,17H2,1-2H3,(H,24,28)/p+1. The molecule has 0 aromatic heterocycles. The van der Waals surface area contributed by atoms with Gasteiger partial charge in [-0.3, -0.25) is 9.59 Å². The van der Waals surface area contributed by atoms with Gasteiger partial charge < -0.3 is 19.9 Å². The largest absolute Gasteiger partial charge is 0.492 e. The SMILES string of the molecule is CC(=O)c1ccc(N2CC[NH+](CC(=O)NCCOc3cccc(C)c3)CC2)cc1. The molecule has 29 heavy (non-hydrogen) atoms. The number of hydrogen-bond acceptors (Lipinski definition) is 4. The molecule has 154 valence electrons. The second-order valence-electron chi connectivity index (χ2n) is 7.53. The molecular weight excluding hydrogens is 366 g/mol. The first-order valence-corrected chi connectivity index (χ1v) is 10.2. The van der Waals surface area contributed by atoms with Gasteiger partial charge in [-0.1, -0.05) is 12.1 Å². The highest BCUT2D eigenvalue weighted by atomic mass is 16.5. The van der Waals surface area contributed by atoms with Crippen molar-refractivity contribution in [1.29, 1.82) is 0 Å². The summed E-state index contributed by atoms with van der Waals surface area (Å²) in [7, 11) is 0. The minimum absolute atomic E-state index is 0.0621. The molecule has 1 aliphatic rings. The summed E-state index contributed by atoms with van der Waals surface area (Å²) in [4.78, 5) is 27.2. The summed E-state index contributed by atoms with van der Waals surface area (Å²) in [5.74, 6) is 0.977. The molecule has 0 atom stereocenters. The molecule has 1 amide bonds. The van der Waals surface area contributed by atoms with Crippen molar-refractivity contribution in [3.63, 3.8) is 0 Å². The number of hydrogen-bond donors (Lipinski definition) is 2. The smallest absolute Gasteiger partial charge is 0.275 e. The monoisotopic (exact) mass is 396 g/mol. The molecule has 6 nitrogen and oxygen atoms in total. The van der Waals surface area contributed by atoms with Crippen molar-refractivity contribution < 1.29 is 19.2 Å². The van der Waals surface area contributed by atoms with E-state index in [1.807, 2.05) is 55.5 Å². The van der Waals surface area contributed by atoms with Crippen LogP contribution in [0.4, 0.5) is 5.69 Å². The lowest BCUT2D eigenvalue weighted by Crippen LogP contribution is -3.16. The Kier molecular flexibility index (Phi) is 7.25. The number of quaternary nitrogens is 1. The molecule has 1 heterocycles. The molecule has 3 rings (SSSR count). The number of ketones is 1. The number of nitrogens with one attached hydrogen (secondary N) is 2. The van der Waals surface area contributed by atoms with Gasteiger partial charge in [0.25, 0.3) is 5.91 Å². The summed E-state index contributed by atoms with van der Waals surface area (Å²) in [6.45, 7) is 8.71. The molecule has 6 heteroatoms. The maximum Gasteiger partial charge on any atom is 0.275 e. The highest BCUT2D eigenvalue weighted by molar-refractivity contribution is 5.94. The fourth-order valence-electron chi connectivity index (χ4n) is 3.52. The van der Waals surface area contributed by atoms with Gasteiger partial charge >= 0.3 is 0 Å². The first kappa shape index (κ1) is 20.9. The van der Waals surface area contributed by atoms with Crippen LogP contribution in [0.3, 0.4) is 0 Å². The summed E-state index contributed by atoms with van der Waals surface area (Å²) < 4.78 is 5.66. The van der Waals surface area contributed by atoms with Crippen molar-refractivity contribution >= 4 is 17.4 Å². The van der Waals surface area contributed by atoms with Gasteiger partial charge in [0, 0.05) is 11.3 Å². The number of piperazine rings is 1. The Morgan fingerprint density at radius 3 is 2.48 bits per heavy atom. The van der Waals surface area contributed by atoms with Crippen LogP contribution in [0.15, 0.2) is 48.5 Å². The molecule has 1 aliphatic heterocycles. The van der Waals surface area contributed by atoms with E-state index in [1.165, 1.54) is 4.90 Å². The van der Waals surface area contributed by atoms with Crippen LogP contribution in [0, 0.1) is 6.92 Å². The van der Waals surface area contributed by atoms with Gasteiger partial charge in [-0.05, 0) is 55.8 Å². The van der Waals surface area contributed by atoms with Crippen LogP contribution in [0.2, 0.25) is 0 Å². The lowest BCUT2D eigenvalue weighted by Gasteiger charge is -2.33. The van der Waals surface area contributed by atoms with E-state index in [9.17, 15) is 9.59 Å². The van der Waals surface area contributed by atoms with Crippen molar-refractivity contribution in [2.24, 2.45) is 0 Å². The van der Waals surface area contributed by atoms with Crippen LogP contribution in [0.1, 0.15) is 22.8 Å². The Balaban J connectivity index is 1.34. The van der Waals surface area contributed by atoms with Crippen molar-refractivity contribution in [3.05, 3.63) is 59.7 Å². The number of nitrogens with zero attached hydrogens (tertiary/aromatic N) is 1. The zero-order chi connectivity index (χ0) is 20.6. The molecule has 0 saturated carbocycles. The van der Waals surface area contributed by atoms with Crippen LogP contribution in [0.25, 0.3) is 0 Å². The van der Waals surface area contributed by atoms with Crippen molar-refractivity contribution in [3.8, 4) is 5.75 Å². The second-order valence-corrected chi connectivity index (χ2v) is 7.53. The molecule has 2 aromatic rings. The third-order valence-corrected chi connectivity index (χ3v) is 5.20. The summed E-state index contributed by atoms with van der Waals surface area (Å²) in [6.07, 6.45) is 0. The van der Waals surface area contributed by atoms with Crippen LogP contribution in [0.5, 0.6) is 5.75 Å². The van der Waals surface area contributed by atoms with E-state index in [4.69, 9.17) is 4.74 Å². The molecule has 0 aliphatic carbocycles. The molecule has 1 saturated heterocycles. The van der Waals surface area contributed by atoms with Crippen LogP contribution < -0.4 is 19.9 Å². The predicted octanol–water partition coefficient (Wildman–Crippen LogP) is 1.10. The Labute approximate surface area is 172 Å². The van der Waals surface area contributed by atoms with E-state index in [0.717, 1.165) is 48.7 Å². The Morgan fingerprint density at radius 1 is 1.10 bits per heavy atom. The van der Waals surface area contributed by atoms with Gasteiger partial charge in [0.15, 0.2) is 12.3 Å². The zero-order valence-corrected chi connectivity index (χ0v) is 17.2. The average molecular weight is 397 g/mol. The summed E-state index contributed by atoms with van der Waals surface area (Å²) in [6, 6.07) is 15.7. The van der Waals surface area contributed by atoms with E-state index in [2.05, 4.69) is 10.2 Å². The third kappa shape index (κ3) is 6.32. The summed E-state index contributed by atoms with van der Waals surface area (Å²) in [5.41, 5.74) is 3.02. The molecule has 0 spiro atoms. The Bertz CT molecular complexity index is 828. The lowest BCUT2D eigenvalue weighted by atomic mass is 10.1. The maximum atomic E-state index is 12.2. The first-order chi connectivity index (χ1) is 14.0. The fraction of sp³-hybridized carbons (Fsp3) is 0.391. The highest BCUT2D eigenvalue weighted by Gasteiger charge is 2.22. The molecule has 0 radical (unpaired) electrons. The van der Waals surface area contributed by atoms with Gasteiger partial charge in [-0.2, -0.15) is 0 Å². The molecule has 0 unspecified atom stereocenters. The molecule has 1 fully saturated rings. The average Bonchev–Trinajstić information content (AvgIpc) is 2.72. The number of benzene rings is 2. The maximum absolute atomic E-state index is 12.2. The zero-order valence-electron chi connectivity index (χ0n) is 17.2. The third-order valence-electron chi connectivity index (χ3n) is 5.20. The van der Waals surface area contributed by atoms with Gasteiger partial charge in [-0.15, -0.1) is 0 Å². The number of carbonyl (C=O) groups is 2. The fourth-order valence-corrected chi connectivity index (χ4v) is 3.52. The number of anilines is 1. The van der Waals surface area contributed by atoms with Crippen LogP contribution in [-0.4, -0.2) is 57.6 Å². The van der Waals surface area contributed by atoms with Crippen molar-refractivity contribution in [2.45, 2.75) is 13.8 Å². The summed E-state index contributed by atoms with van der Waals surface area (Å²) in [5, 5.41) is 2.94. The van der Waals surface area contributed by atoms with E-state index in [1.54, 1.807) is 6.92 Å². The number of carbonyl (C=O) groups excluding carboxylic acids is 2. The van der Waals surface area contributed by atoms with Crippen molar-refractivity contribution in [1.82, 2.24) is 5.32 Å². The Hall–Kier alpha value is -2.86. The van der Waals surface area contributed by atoms with E-state index >= 15 is 0 Å². The molecular formula is C23H30N3O3+. The minimum atomic E-state index is 0.0621. The number of ether oxygens (including phenoxy) is 1. The van der Waals surface area contributed by atoms with Crippen molar-refractivity contribution in [2.75, 3.05) is 50.8 Å². The molecule has 2 N–H and O–H groups in total. The quantitative estimate of drug-likeness (QED) is 0.518. The number of Topliss-reactive ketones (excluding diaryl/α,β-unsaturated/α-hetero) is 1. The molecule has 2 aromatic carbocycles. The number of aryl methyl sites for hydroxylation is 1. The predicted molar refractivity (Wildman–Crippen MR) is 114 cm³/mol. The van der Waals surface area contributed by atoms with Crippen LogP contribution in [-0.2, 0) is 4.79 Å². The highest BCUT2D eigenvalue weighted by Crippen LogP contribution is 2.15. The number of rotatable bonds is 8. The molecule has 0 bridgehead atoms. The minimum Gasteiger partial charge on any atom is -0.492 e. The number of amides is 1. The topological polar surface area (TPSA) is 63.1 Å². The van der Waals surface area contributed by atoms with Gasteiger partial charge in [0.1, 0.15) is 12.4 Å². The summed E-state index contributed by atoms with van der Waals surface area (Å²) >= 11 is 0. The van der Waals surface area contributed by atoms with Gasteiger partial charge in [-0.25, -0.2) is 0 Å². The lowest BCUT2D eigenvalue weighted by molar-refractivity contribution is -0.892. The van der Waals surface area contributed by atoms with E-state index < -0.39 is 0 Å². The van der Waals surface area contributed by atoms with Gasteiger partial charge in [0.2, 0.25) is 0 Å². The van der Waals surface area contributed by atoms with Gasteiger partial charge in [0.05, 0.1) is 32.7 Å².